The second-order valence-corrected chi connectivity index (χ2v) is 14.7. The first-order valence-corrected chi connectivity index (χ1v) is 14.6. The minimum absolute atomic E-state index is 0.0644. The zero-order valence-corrected chi connectivity index (χ0v) is 22.9. The minimum Gasteiger partial charge on any atom is -0.396 e. The van der Waals surface area contributed by atoms with Crippen LogP contribution >= 0.6 is 0 Å². The number of aliphatic hydroxyl groups excluding tert-OH is 4. The smallest absolute Gasteiger partial charge is 0.0652 e. The maximum atomic E-state index is 12.0. The predicted molar refractivity (Wildman–Crippen MR) is 137 cm³/mol. The number of hydrogen-bond acceptors (Lipinski definition) is 5. The van der Waals surface area contributed by atoms with Crippen molar-refractivity contribution in [1.29, 1.82) is 0 Å². The highest BCUT2D eigenvalue weighted by molar-refractivity contribution is 5.18. The maximum Gasteiger partial charge on any atom is 0.0652 e. The van der Waals surface area contributed by atoms with Crippen molar-refractivity contribution < 1.29 is 25.2 Å². The Balaban J connectivity index is 1.41. The topological polar surface area (TPSA) is 90.2 Å². The number of fused-ring (bicyclic) bond motifs is 5. The SMILES string of the molecule is C[C@@H](CO)[C@@H]1CC[C@@]2(CC[C@]3(C)[C@@H](CC[C@@H]4[C@@]5(C)CC[C@H](O)[C@@](C)(CO)[C@@H]5CC[C@]43C)[C@H]2O)CO1. The third-order valence-electron chi connectivity index (χ3n) is 13.6. The Morgan fingerprint density at radius 3 is 2.17 bits per heavy atom. The Bertz CT molecular complexity index is 794. The molecule has 5 heteroatoms. The molecule has 12 atom stereocenters. The lowest BCUT2D eigenvalue weighted by molar-refractivity contribution is -0.271. The fraction of sp³-hybridized carbons (Fsp3) is 1.00. The molecule has 0 amide bonds. The molecule has 4 N–H and O–H groups in total. The van der Waals surface area contributed by atoms with E-state index in [0.29, 0.717) is 24.4 Å². The third kappa shape index (κ3) is 3.43. The molecule has 0 unspecified atom stereocenters. The lowest BCUT2D eigenvalue weighted by Crippen LogP contribution is -2.68. The largest absolute Gasteiger partial charge is 0.396 e. The van der Waals surface area contributed by atoms with E-state index in [4.69, 9.17) is 4.74 Å². The molecular weight excluding hydrogens is 440 g/mol. The number of aliphatic hydroxyl groups is 4. The van der Waals surface area contributed by atoms with Gasteiger partial charge in [0.15, 0.2) is 0 Å². The Hall–Kier alpha value is -0.200. The fourth-order valence-corrected chi connectivity index (χ4v) is 10.9. The van der Waals surface area contributed by atoms with Crippen LogP contribution in [0.15, 0.2) is 0 Å². The molecule has 202 valence electrons. The van der Waals surface area contributed by atoms with Crippen LogP contribution in [0.25, 0.3) is 0 Å². The van der Waals surface area contributed by atoms with E-state index in [1.165, 1.54) is 0 Å². The van der Waals surface area contributed by atoms with Crippen LogP contribution < -0.4 is 0 Å². The molecule has 0 aromatic carbocycles. The summed E-state index contributed by atoms with van der Waals surface area (Å²) in [6.45, 7) is 12.5. The van der Waals surface area contributed by atoms with Crippen LogP contribution in [-0.2, 0) is 4.74 Å². The van der Waals surface area contributed by atoms with Gasteiger partial charge in [0.1, 0.15) is 0 Å². The van der Waals surface area contributed by atoms with Crippen molar-refractivity contribution >= 4 is 0 Å². The molecule has 5 fully saturated rings. The van der Waals surface area contributed by atoms with Gasteiger partial charge in [0.25, 0.3) is 0 Å². The summed E-state index contributed by atoms with van der Waals surface area (Å²) in [4.78, 5) is 0. The summed E-state index contributed by atoms with van der Waals surface area (Å²) in [6, 6.07) is 0. The third-order valence-corrected chi connectivity index (χ3v) is 13.6. The maximum absolute atomic E-state index is 12.0. The van der Waals surface area contributed by atoms with Gasteiger partial charge >= 0.3 is 0 Å². The van der Waals surface area contributed by atoms with Gasteiger partial charge in [-0.1, -0.05) is 34.6 Å². The molecule has 0 bridgehead atoms. The van der Waals surface area contributed by atoms with Crippen LogP contribution in [0.3, 0.4) is 0 Å². The molecular formula is C30H52O5. The van der Waals surface area contributed by atoms with Gasteiger partial charge in [0, 0.05) is 23.4 Å². The van der Waals surface area contributed by atoms with Crippen LogP contribution in [-0.4, -0.2) is 58.6 Å². The van der Waals surface area contributed by atoms with Crippen molar-refractivity contribution in [3.8, 4) is 0 Å². The molecule has 35 heavy (non-hydrogen) atoms. The van der Waals surface area contributed by atoms with Gasteiger partial charge in [-0.2, -0.15) is 0 Å². The Morgan fingerprint density at radius 2 is 1.54 bits per heavy atom. The molecule has 5 rings (SSSR count). The van der Waals surface area contributed by atoms with E-state index >= 15 is 0 Å². The first-order chi connectivity index (χ1) is 16.4. The second-order valence-electron chi connectivity index (χ2n) is 14.7. The van der Waals surface area contributed by atoms with E-state index in [9.17, 15) is 20.4 Å². The monoisotopic (exact) mass is 492 g/mol. The van der Waals surface area contributed by atoms with E-state index in [1.807, 2.05) is 0 Å². The van der Waals surface area contributed by atoms with Crippen molar-refractivity contribution in [2.24, 2.45) is 50.7 Å². The van der Waals surface area contributed by atoms with Crippen LogP contribution in [0.5, 0.6) is 0 Å². The molecule has 5 aliphatic rings. The van der Waals surface area contributed by atoms with Gasteiger partial charge < -0.3 is 25.2 Å². The van der Waals surface area contributed by atoms with E-state index in [1.54, 1.807) is 0 Å². The van der Waals surface area contributed by atoms with E-state index < -0.39 is 11.5 Å². The van der Waals surface area contributed by atoms with Gasteiger partial charge in [-0.25, -0.2) is 0 Å². The lowest BCUT2D eigenvalue weighted by atomic mass is 9.33. The second kappa shape index (κ2) is 8.66. The standard InChI is InChI=1S/C30H52O5/c1-19(16-31)21-8-13-30(18-35-21)15-14-28(4)20(25(30)34)6-7-23-26(2)11-10-24(33)27(3,17-32)22(26)9-12-29(23,28)5/h19-25,31-34H,6-18H2,1-5H3/t19-,20-,21-,22+,23+,24-,25+,26-,27-,28+,29+,30+/m0/s1. The van der Waals surface area contributed by atoms with Crippen molar-refractivity contribution in [3.63, 3.8) is 0 Å². The van der Waals surface area contributed by atoms with E-state index in [0.717, 1.165) is 64.2 Å². The zero-order valence-electron chi connectivity index (χ0n) is 22.9. The highest BCUT2D eigenvalue weighted by Gasteiger charge is 2.70. The molecule has 1 heterocycles. The Morgan fingerprint density at radius 1 is 0.800 bits per heavy atom. The molecule has 1 spiro atoms. The zero-order chi connectivity index (χ0) is 25.4. The summed E-state index contributed by atoms with van der Waals surface area (Å²) >= 11 is 0. The van der Waals surface area contributed by atoms with Crippen LogP contribution in [0.1, 0.15) is 98.8 Å². The number of ether oxygens (including phenoxy) is 1. The normalized spacial score (nSPS) is 57.2. The first kappa shape index (κ1) is 26.4. The summed E-state index contributed by atoms with van der Waals surface area (Å²) in [6.07, 6.45) is 9.69. The van der Waals surface area contributed by atoms with Crippen molar-refractivity contribution in [2.45, 2.75) is 117 Å². The lowest BCUT2D eigenvalue weighted by Gasteiger charge is -2.72. The van der Waals surface area contributed by atoms with E-state index in [2.05, 4.69) is 34.6 Å². The quantitative estimate of drug-likeness (QED) is 0.464. The average molecular weight is 493 g/mol. The highest BCUT2D eigenvalue weighted by atomic mass is 16.5. The average Bonchev–Trinajstić information content (AvgIpc) is 2.85. The highest BCUT2D eigenvalue weighted by Crippen LogP contribution is 2.75. The molecule has 5 nitrogen and oxygen atoms in total. The van der Waals surface area contributed by atoms with Crippen molar-refractivity contribution in [3.05, 3.63) is 0 Å². The number of hydrogen-bond donors (Lipinski definition) is 4. The molecule has 0 aromatic heterocycles. The summed E-state index contributed by atoms with van der Waals surface area (Å²) in [7, 11) is 0. The predicted octanol–water partition coefficient (Wildman–Crippen LogP) is 4.54. The van der Waals surface area contributed by atoms with Gasteiger partial charge in [-0.15, -0.1) is 0 Å². The van der Waals surface area contributed by atoms with E-state index in [-0.39, 0.29) is 53.0 Å². The molecule has 1 saturated heterocycles. The van der Waals surface area contributed by atoms with Gasteiger partial charge in [0.05, 0.1) is 31.5 Å². The summed E-state index contributed by atoms with van der Waals surface area (Å²) in [5.74, 6) is 1.36. The molecule has 0 radical (unpaired) electrons. The summed E-state index contributed by atoms with van der Waals surface area (Å²) in [5.41, 5.74) is -0.171. The molecule has 4 aliphatic carbocycles. The van der Waals surface area contributed by atoms with Gasteiger partial charge in [-0.05, 0) is 98.2 Å². The van der Waals surface area contributed by atoms with Crippen molar-refractivity contribution in [2.75, 3.05) is 19.8 Å². The minimum atomic E-state index is -0.415. The fourth-order valence-electron chi connectivity index (χ4n) is 10.9. The van der Waals surface area contributed by atoms with Gasteiger partial charge in [0.2, 0.25) is 0 Å². The van der Waals surface area contributed by atoms with Crippen molar-refractivity contribution in [1.82, 2.24) is 0 Å². The molecule has 1 aliphatic heterocycles. The molecule has 4 saturated carbocycles. The Labute approximate surface area is 213 Å². The Kier molecular flexibility index (Phi) is 6.53. The first-order valence-electron chi connectivity index (χ1n) is 14.6. The van der Waals surface area contributed by atoms with Gasteiger partial charge in [-0.3, -0.25) is 0 Å². The number of rotatable bonds is 3. The van der Waals surface area contributed by atoms with Crippen LogP contribution in [0, 0.1) is 50.7 Å². The summed E-state index contributed by atoms with van der Waals surface area (Å²) < 4.78 is 6.30. The molecule has 0 aromatic rings. The van der Waals surface area contributed by atoms with Crippen LogP contribution in [0.4, 0.5) is 0 Å². The van der Waals surface area contributed by atoms with Crippen LogP contribution in [0.2, 0.25) is 0 Å². The summed E-state index contributed by atoms with van der Waals surface area (Å²) in [5, 5.41) is 42.9.